The van der Waals surface area contributed by atoms with Gasteiger partial charge in [0.25, 0.3) is 0 Å². The van der Waals surface area contributed by atoms with Gasteiger partial charge in [-0.3, -0.25) is 0 Å². The van der Waals surface area contributed by atoms with Crippen LogP contribution >= 0.6 is 0 Å². The number of fused-ring (bicyclic) bond motifs is 2. The third kappa shape index (κ3) is 2.43. The molecule has 0 aromatic carbocycles. The summed E-state index contributed by atoms with van der Waals surface area (Å²) >= 11 is 0. The van der Waals surface area contributed by atoms with Gasteiger partial charge < -0.3 is 10.1 Å². The highest BCUT2D eigenvalue weighted by atomic mass is 16.5. The van der Waals surface area contributed by atoms with Crippen LogP contribution in [-0.4, -0.2) is 24.8 Å². The fraction of sp³-hybridized carbons (Fsp3) is 1.00. The number of rotatable bonds is 7. The monoisotopic (exact) mass is 279 g/mol. The van der Waals surface area contributed by atoms with Gasteiger partial charge in [-0.15, -0.1) is 0 Å². The SMILES string of the molecule is CCCC(CNC1CC1)OC1CC2CCC1(C)C2(C)C. The maximum atomic E-state index is 6.64. The summed E-state index contributed by atoms with van der Waals surface area (Å²) in [6, 6.07) is 0.796. The molecule has 3 saturated carbocycles. The summed E-state index contributed by atoms with van der Waals surface area (Å²) in [5.74, 6) is 0.885. The molecule has 0 aliphatic heterocycles. The predicted molar refractivity (Wildman–Crippen MR) is 83.8 cm³/mol. The maximum Gasteiger partial charge on any atom is 0.0703 e. The molecule has 0 radical (unpaired) electrons. The Balaban J connectivity index is 1.60. The van der Waals surface area contributed by atoms with E-state index in [-0.39, 0.29) is 0 Å². The molecule has 0 heterocycles. The molecule has 0 amide bonds. The zero-order valence-electron chi connectivity index (χ0n) is 13.9. The van der Waals surface area contributed by atoms with Crippen molar-refractivity contribution in [2.24, 2.45) is 16.7 Å². The Bertz CT molecular complexity index is 349. The van der Waals surface area contributed by atoms with Crippen LogP contribution in [-0.2, 0) is 4.74 Å². The van der Waals surface area contributed by atoms with Crippen LogP contribution in [0.25, 0.3) is 0 Å². The second-order valence-corrected chi connectivity index (χ2v) is 8.33. The molecular formula is C18H33NO. The van der Waals surface area contributed by atoms with Gasteiger partial charge in [0, 0.05) is 12.6 Å². The highest BCUT2D eigenvalue weighted by molar-refractivity contribution is 5.11. The van der Waals surface area contributed by atoms with Crippen LogP contribution in [0.1, 0.15) is 72.6 Å². The van der Waals surface area contributed by atoms with Crippen molar-refractivity contribution in [1.82, 2.24) is 5.32 Å². The van der Waals surface area contributed by atoms with Crippen molar-refractivity contribution in [3.05, 3.63) is 0 Å². The van der Waals surface area contributed by atoms with Crippen LogP contribution in [0.5, 0.6) is 0 Å². The minimum atomic E-state index is 0.406. The van der Waals surface area contributed by atoms with Gasteiger partial charge >= 0.3 is 0 Å². The van der Waals surface area contributed by atoms with E-state index in [1.807, 2.05) is 0 Å². The van der Waals surface area contributed by atoms with E-state index >= 15 is 0 Å². The molecule has 1 N–H and O–H groups in total. The lowest BCUT2D eigenvalue weighted by atomic mass is 9.70. The smallest absolute Gasteiger partial charge is 0.0703 e. The molecule has 4 unspecified atom stereocenters. The molecule has 3 aliphatic carbocycles. The average molecular weight is 279 g/mol. The molecule has 0 aromatic heterocycles. The Kier molecular flexibility index (Phi) is 3.92. The third-order valence-corrected chi connectivity index (χ3v) is 6.89. The van der Waals surface area contributed by atoms with Gasteiger partial charge in [0.05, 0.1) is 12.2 Å². The largest absolute Gasteiger partial charge is 0.373 e. The van der Waals surface area contributed by atoms with Crippen LogP contribution in [0.15, 0.2) is 0 Å². The van der Waals surface area contributed by atoms with Crippen molar-refractivity contribution >= 4 is 0 Å². The van der Waals surface area contributed by atoms with Gasteiger partial charge in [-0.25, -0.2) is 0 Å². The van der Waals surface area contributed by atoms with E-state index in [0.717, 1.165) is 18.5 Å². The molecule has 4 atom stereocenters. The molecule has 2 nitrogen and oxygen atoms in total. The van der Waals surface area contributed by atoms with Gasteiger partial charge in [0.2, 0.25) is 0 Å². The van der Waals surface area contributed by atoms with Crippen molar-refractivity contribution < 1.29 is 4.74 Å². The van der Waals surface area contributed by atoms with Crippen molar-refractivity contribution in [3.63, 3.8) is 0 Å². The quantitative estimate of drug-likeness (QED) is 0.756. The fourth-order valence-corrected chi connectivity index (χ4v) is 4.69. The van der Waals surface area contributed by atoms with E-state index in [1.165, 1.54) is 44.9 Å². The van der Waals surface area contributed by atoms with Crippen molar-refractivity contribution in [1.29, 1.82) is 0 Å². The van der Waals surface area contributed by atoms with E-state index < -0.39 is 0 Å². The first kappa shape index (κ1) is 14.8. The normalized spacial score (nSPS) is 40.2. The lowest BCUT2D eigenvalue weighted by Gasteiger charge is -2.40. The minimum absolute atomic E-state index is 0.406. The number of nitrogens with one attached hydrogen (secondary N) is 1. The highest BCUT2D eigenvalue weighted by Gasteiger charge is 2.62. The first-order valence-electron chi connectivity index (χ1n) is 8.86. The second-order valence-electron chi connectivity index (χ2n) is 8.33. The number of ether oxygens (including phenoxy) is 1. The van der Waals surface area contributed by atoms with Gasteiger partial charge in [-0.1, -0.05) is 34.1 Å². The predicted octanol–water partition coefficient (Wildman–Crippen LogP) is 4.14. The third-order valence-electron chi connectivity index (χ3n) is 6.89. The zero-order valence-corrected chi connectivity index (χ0v) is 13.9. The Labute approximate surface area is 125 Å². The molecule has 3 rings (SSSR count). The first-order chi connectivity index (χ1) is 9.47. The fourth-order valence-electron chi connectivity index (χ4n) is 4.69. The van der Waals surface area contributed by atoms with Gasteiger partial charge in [0.1, 0.15) is 0 Å². The summed E-state index contributed by atoms with van der Waals surface area (Å²) in [5.41, 5.74) is 0.877. The van der Waals surface area contributed by atoms with Crippen LogP contribution in [0, 0.1) is 16.7 Å². The summed E-state index contributed by atoms with van der Waals surface area (Å²) < 4.78 is 6.64. The van der Waals surface area contributed by atoms with Crippen LogP contribution < -0.4 is 5.32 Å². The van der Waals surface area contributed by atoms with Gasteiger partial charge in [0.15, 0.2) is 0 Å². The van der Waals surface area contributed by atoms with Crippen molar-refractivity contribution in [2.45, 2.75) is 90.9 Å². The van der Waals surface area contributed by atoms with Gasteiger partial charge in [-0.05, 0) is 55.3 Å². The number of hydrogen-bond donors (Lipinski definition) is 1. The van der Waals surface area contributed by atoms with E-state index in [9.17, 15) is 0 Å². The van der Waals surface area contributed by atoms with Crippen LogP contribution in [0.3, 0.4) is 0 Å². The zero-order chi connectivity index (χ0) is 14.4. The van der Waals surface area contributed by atoms with E-state index in [0.29, 0.717) is 23.0 Å². The molecule has 0 aromatic rings. The van der Waals surface area contributed by atoms with Crippen molar-refractivity contribution in [2.75, 3.05) is 6.54 Å². The minimum Gasteiger partial charge on any atom is -0.373 e. The standard InChI is InChI=1S/C18H33NO/c1-5-6-15(12-19-14-7-8-14)20-16-11-13-9-10-18(16,4)17(13,2)3/h13-16,19H,5-12H2,1-4H3. The van der Waals surface area contributed by atoms with Gasteiger partial charge in [-0.2, -0.15) is 0 Å². The summed E-state index contributed by atoms with van der Waals surface area (Å²) in [7, 11) is 0. The molecule has 20 heavy (non-hydrogen) atoms. The molecular weight excluding hydrogens is 246 g/mol. The molecule has 2 heteroatoms. The van der Waals surface area contributed by atoms with Crippen molar-refractivity contribution in [3.8, 4) is 0 Å². The molecule has 2 bridgehead atoms. The number of hydrogen-bond acceptors (Lipinski definition) is 2. The molecule has 0 spiro atoms. The molecule has 116 valence electrons. The topological polar surface area (TPSA) is 21.3 Å². The maximum absolute atomic E-state index is 6.64. The van der Waals surface area contributed by atoms with Crippen LogP contribution in [0.4, 0.5) is 0 Å². The van der Waals surface area contributed by atoms with E-state index in [4.69, 9.17) is 4.74 Å². The molecule has 3 aliphatic rings. The van der Waals surface area contributed by atoms with E-state index in [2.05, 4.69) is 33.0 Å². The summed E-state index contributed by atoms with van der Waals surface area (Å²) in [4.78, 5) is 0. The Hall–Kier alpha value is -0.0800. The summed E-state index contributed by atoms with van der Waals surface area (Å²) in [5, 5.41) is 3.67. The highest BCUT2D eigenvalue weighted by Crippen LogP contribution is 2.66. The van der Waals surface area contributed by atoms with Crippen LogP contribution in [0.2, 0.25) is 0 Å². The first-order valence-corrected chi connectivity index (χ1v) is 8.86. The summed E-state index contributed by atoms with van der Waals surface area (Å²) in [6.07, 6.45) is 10.2. The van der Waals surface area contributed by atoms with E-state index in [1.54, 1.807) is 0 Å². The lowest BCUT2D eigenvalue weighted by molar-refractivity contribution is -0.0878. The molecule has 3 fully saturated rings. The lowest BCUT2D eigenvalue weighted by Crippen LogP contribution is -2.41. The average Bonchev–Trinajstić information content (AvgIpc) is 3.16. The Morgan fingerprint density at radius 1 is 1.20 bits per heavy atom. The Morgan fingerprint density at radius 2 is 1.95 bits per heavy atom. The molecule has 0 saturated heterocycles. The Morgan fingerprint density at radius 3 is 2.45 bits per heavy atom. The summed E-state index contributed by atoms with van der Waals surface area (Å²) in [6.45, 7) is 10.8. The second kappa shape index (κ2) is 5.28.